The van der Waals surface area contributed by atoms with Crippen LogP contribution in [-0.4, -0.2) is 41.5 Å². The molecular formula is C9H19NOS. The molecule has 0 spiro atoms. The van der Waals surface area contributed by atoms with Crippen LogP contribution in [0.1, 0.15) is 25.7 Å². The fourth-order valence-electron chi connectivity index (χ4n) is 1.63. The first-order chi connectivity index (χ1) is 5.88. The third-order valence-electron chi connectivity index (χ3n) is 2.58. The molecule has 2 nitrogen and oxygen atoms in total. The molecule has 0 aromatic heterocycles. The number of aliphatic hydroxyl groups excluding tert-OH is 1. The molecule has 1 aliphatic carbocycles. The highest BCUT2D eigenvalue weighted by molar-refractivity contribution is 7.80. The largest absolute Gasteiger partial charge is 0.396 e. The lowest BCUT2D eigenvalue weighted by Gasteiger charge is -2.37. The van der Waals surface area contributed by atoms with Gasteiger partial charge < -0.3 is 5.11 Å². The van der Waals surface area contributed by atoms with Gasteiger partial charge in [-0.25, -0.2) is 0 Å². The summed E-state index contributed by atoms with van der Waals surface area (Å²) in [4.78, 5) is 2.46. The van der Waals surface area contributed by atoms with Crippen LogP contribution in [0.15, 0.2) is 0 Å². The van der Waals surface area contributed by atoms with Crippen molar-refractivity contribution in [3.8, 4) is 0 Å². The highest BCUT2D eigenvalue weighted by atomic mass is 32.1. The fourth-order valence-corrected chi connectivity index (χ4v) is 1.89. The summed E-state index contributed by atoms with van der Waals surface area (Å²) in [6.07, 6.45) is 4.98. The first-order valence-corrected chi connectivity index (χ1v) is 5.47. The van der Waals surface area contributed by atoms with Crippen LogP contribution >= 0.6 is 12.6 Å². The van der Waals surface area contributed by atoms with Gasteiger partial charge >= 0.3 is 0 Å². The molecule has 3 heteroatoms. The third-order valence-corrected chi connectivity index (χ3v) is 2.78. The van der Waals surface area contributed by atoms with Gasteiger partial charge in [-0.05, 0) is 19.3 Å². The summed E-state index contributed by atoms with van der Waals surface area (Å²) >= 11 is 4.24. The minimum atomic E-state index is 0.315. The van der Waals surface area contributed by atoms with Gasteiger partial charge in [-0.15, -0.1) is 0 Å². The van der Waals surface area contributed by atoms with Crippen molar-refractivity contribution in [2.24, 2.45) is 0 Å². The summed E-state index contributed by atoms with van der Waals surface area (Å²) in [5, 5.41) is 8.71. The standard InChI is InChI=1S/C9H19NOS/c11-7-2-5-10(6-8-12)9-3-1-4-9/h9,11-12H,1-8H2. The lowest BCUT2D eigenvalue weighted by atomic mass is 9.91. The Hall–Kier alpha value is 0.270. The Morgan fingerprint density at radius 2 is 2.08 bits per heavy atom. The van der Waals surface area contributed by atoms with Gasteiger partial charge in [0.1, 0.15) is 0 Å². The maximum atomic E-state index is 8.71. The van der Waals surface area contributed by atoms with Crippen LogP contribution in [0, 0.1) is 0 Å². The molecule has 1 aliphatic rings. The second-order valence-electron chi connectivity index (χ2n) is 3.42. The average molecular weight is 189 g/mol. The molecule has 1 saturated carbocycles. The predicted octanol–water partition coefficient (Wildman–Crippen LogP) is 1.15. The summed E-state index contributed by atoms with van der Waals surface area (Å²) in [6.45, 7) is 2.44. The van der Waals surface area contributed by atoms with Crippen LogP contribution in [0.25, 0.3) is 0 Å². The van der Waals surface area contributed by atoms with E-state index in [-0.39, 0.29) is 0 Å². The lowest BCUT2D eigenvalue weighted by molar-refractivity contribution is 0.124. The van der Waals surface area contributed by atoms with E-state index in [1.54, 1.807) is 0 Å². The highest BCUT2D eigenvalue weighted by Crippen LogP contribution is 2.24. The normalized spacial score (nSPS) is 18.2. The summed E-state index contributed by atoms with van der Waals surface area (Å²) in [6, 6.07) is 0.795. The maximum absolute atomic E-state index is 8.71. The van der Waals surface area contributed by atoms with Crippen LogP contribution in [0.4, 0.5) is 0 Å². The first-order valence-electron chi connectivity index (χ1n) is 4.84. The van der Waals surface area contributed by atoms with Crippen molar-refractivity contribution in [3.05, 3.63) is 0 Å². The third kappa shape index (κ3) is 2.96. The Balaban J connectivity index is 2.17. The van der Waals surface area contributed by atoms with E-state index in [0.29, 0.717) is 6.61 Å². The van der Waals surface area contributed by atoms with E-state index >= 15 is 0 Å². The number of rotatable bonds is 6. The zero-order valence-electron chi connectivity index (χ0n) is 7.58. The van der Waals surface area contributed by atoms with Gasteiger partial charge in [0.25, 0.3) is 0 Å². The van der Waals surface area contributed by atoms with Gasteiger partial charge in [-0.1, -0.05) is 6.42 Å². The number of thiol groups is 1. The van der Waals surface area contributed by atoms with E-state index in [2.05, 4.69) is 17.5 Å². The maximum Gasteiger partial charge on any atom is 0.0443 e. The molecule has 72 valence electrons. The second-order valence-corrected chi connectivity index (χ2v) is 3.87. The molecule has 1 fully saturated rings. The minimum absolute atomic E-state index is 0.315. The zero-order valence-corrected chi connectivity index (χ0v) is 8.47. The molecule has 12 heavy (non-hydrogen) atoms. The first kappa shape index (κ1) is 10.4. The van der Waals surface area contributed by atoms with Gasteiger partial charge in [0.05, 0.1) is 0 Å². The van der Waals surface area contributed by atoms with E-state index in [1.165, 1.54) is 19.3 Å². The molecule has 0 aliphatic heterocycles. The van der Waals surface area contributed by atoms with Gasteiger partial charge in [0, 0.05) is 31.5 Å². The van der Waals surface area contributed by atoms with Crippen LogP contribution < -0.4 is 0 Å². The highest BCUT2D eigenvalue weighted by Gasteiger charge is 2.23. The van der Waals surface area contributed by atoms with Crippen molar-refractivity contribution in [1.29, 1.82) is 0 Å². The van der Waals surface area contributed by atoms with Crippen molar-refractivity contribution in [2.75, 3.05) is 25.4 Å². The topological polar surface area (TPSA) is 23.5 Å². The molecule has 1 rings (SSSR count). The number of hydrogen-bond acceptors (Lipinski definition) is 3. The van der Waals surface area contributed by atoms with E-state index < -0.39 is 0 Å². The molecule has 0 amide bonds. The molecule has 0 unspecified atom stereocenters. The molecule has 0 aromatic rings. The Bertz CT molecular complexity index is 117. The average Bonchev–Trinajstić information content (AvgIpc) is 1.97. The van der Waals surface area contributed by atoms with Crippen molar-refractivity contribution in [2.45, 2.75) is 31.7 Å². The summed E-state index contributed by atoms with van der Waals surface area (Å²) in [7, 11) is 0. The van der Waals surface area contributed by atoms with Crippen molar-refractivity contribution < 1.29 is 5.11 Å². The van der Waals surface area contributed by atoms with E-state index in [0.717, 1.165) is 31.3 Å². The van der Waals surface area contributed by atoms with Gasteiger partial charge in [-0.3, -0.25) is 4.90 Å². The fraction of sp³-hybridized carbons (Fsp3) is 1.00. The zero-order chi connectivity index (χ0) is 8.81. The van der Waals surface area contributed by atoms with E-state index in [1.807, 2.05) is 0 Å². The van der Waals surface area contributed by atoms with Crippen molar-refractivity contribution >= 4 is 12.6 Å². The number of hydrogen-bond donors (Lipinski definition) is 2. The second kappa shape index (κ2) is 5.84. The molecule has 0 saturated heterocycles. The molecule has 0 heterocycles. The quantitative estimate of drug-likeness (QED) is 0.612. The van der Waals surface area contributed by atoms with Gasteiger partial charge in [-0.2, -0.15) is 12.6 Å². The van der Waals surface area contributed by atoms with E-state index in [9.17, 15) is 0 Å². The predicted molar refractivity (Wildman–Crippen MR) is 54.8 cm³/mol. The van der Waals surface area contributed by atoms with Crippen LogP contribution in [0.2, 0.25) is 0 Å². The van der Waals surface area contributed by atoms with Crippen LogP contribution in [0.5, 0.6) is 0 Å². The summed E-state index contributed by atoms with van der Waals surface area (Å²) in [5.41, 5.74) is 0. The molecule has 0 atom stereocenters. The van der Waals surface area contributed by atoms with Gasteiger partial charge in [0.15, 0.2) is 0 Å². The van der Waals surface area contributed by atoms with Crippen LogP contribution in [-0.2, 0) is 0 Å². The Morgan fingerprint density at radius 3 is 2.50 bits per heavy atom. The molecular weight excluding hydrogens is 170 g/mol. The molecule has 0 bridgehead atoms. The Labute approximate surface area is 80.4 Å². The van der Waals surface area contributed by atoms with Gasteiger partial charge in [0.2, 0.25) is 0 Å². The van der Waals surface area contributed by atoms with Crippen LogP contribution in [0.3, 0.4) is 0 Å². The van der Waals surface area contributed by atoms with E-state index in [4.69, 9.17) is 5.11 Å². The molecule has 1 N–H and O–H groups in total. The Morgan fingerprint density at radius 1 is 1.33 bits per heavy atom. The number of nitrogens with zero attached hydrogens (tertiary/aromatic N) is 1. The minimum Gasteiger partial charge on any atom is -0.396 e. The monoisotopic (exact) mass is 189 g/mol. The smallest absolute Gasteiger partial charge is 0.0443 e. The lowest BCUT2D eigenvalue weighted by Crippen LogP contribution is -2.42. The SMILES string of the molecule is OCCCN(CCS)C1CCC1. The number of aliphatic hydroxyl groups is 1. The van der Waals surface area contributed by atoms with Crippen molar-refractivity contribution in [1.82, 2.24) is 4.90 Å². The summed E-state index contributed by atoms with van der Waals surface area (Å²) < 4.78 is 0. The van der Waals surface area contributed by atoms with Crippen molar-refractivity contribution in [3.63, 3.8) is 0 Å². The summed E-state index contributed by atoms with van der Waals surface area (Å²) in [5.74, 6) is 0.932. The Kier molecular flexibility index (Phi) is 5.04. The molecule has 0 aromatic carbocycles. The molecule has 0 radical (unpaired) electrons.